The standard InChI is InChI=1S/C15H28N2O3/c1-3-13(14-7-5-9-20-14)16-15(19)17-8-4-6-12(17)10-11(2)18/h11-14,18H,3-10H2,1-2H3,(H,16,19). The molecule has 4 atom stereocenters. The maximum absolute atomic E-state index is 12.4. The van der Waals surface area contributed by atoms with E-state index in [1.807, 2.05) is 4.90 Å². The van der Waals surface area contributed by atoms with Crippen molar-refractivity contribution >= 4 is 6.03 Å². The Hall–Kier alpha value is -0.810. The molecule has 2 amide bonds. The summed E-state index contributed by atoms with van der Waals surface area (Å²) in [7, 11) is 0. The molecule has 2 aliphatic rings. The average molecular weight is 284 g/mol. The molecule has 2 fully saturated rings. The third-order valence-corrected chi connectivity index (χ3v) is 4.41. The summed E-state index contributed by atoms with van der Waals surface area (Å²) in [4.78, 5) is 14.3. The minimum atomic E-state index is -0.353. The van der Waals surface area contributed by atoms with E-state index in [0.29, 0.717) is 6.42 Å². The van der Waals surface area contributed by atoms with Gasteiger partial charge in [0, 0.05) is 19.2 Å². The lowest BCUT2D eigenvalue weighted by molar-refractivity contribution is 0.0752. The highest BCUT2D eigenvalue weighted by molar-refractivity contribution is 5.75. The normalized spacial score (nSPS) is 29.4. The van der Waals surface area contributed by atoms with Crippen LogP contribution in [0.15, 0.2) is 0 Å². The fraction of sp³-hybridized carbons (Fsp3) is 0.933. The fourth-order valence-corrected chi connectivity index (χ4v) is 3.36. The third kappa shape index (κ3) is 3.85. The van der Waals surface area contributed by atoms with E-state index >= 15 is 0 Å². The first-order valence-electron chi connectivity index (χ1n) is 7.98. The summed E-state index contributed by atoms with van der Waals surface area (Å²) in [5, 5.41) is 12.7. The third-order valence-electron chi connectivity index (χ3n) is 4.41. The largest absolute Gasteiger partial charge is 0.393 e. The summed E-state index contributed by atoms with van der Waals surface area (Å²) in [6, 6.07) is 0.297. The number of hydrogen-bond donors (Lipinski definition) is 2. The number of rotatable bonds is 5. The number of hydrogen-bond acceptors (Lipinski definition) is 3. The Kier molecular flexibility index (Phi) is 5.66. The first kappa shape index (κ1) is 15.6. The van der Waals surface area contributed by atoms with Crippen molar-refractivity contribution in [2.75, 3.05) is 13.2 Å². The molecule has 2 aliphatic heterocycles. The van der Waals surface area contributed by atoms with Crippen molar-refractivity contribution in [2.45, 2.75) is 76.7 Å². The molecule has 0 spiro atoms. The second-order valence-electron chi connectivity index (χ2n) is 6.09. The fourth-order valence-electron chi connectivity index (χ4n) is 3.36. The van der Waals surface area contributed by atoms with Gasteiger partial charge in [0.15, 0.2) is 0 Å². The highest BCUT2D eigenvalue weighted by atomic mass is 16.5. The van der Waals surface area contributed by atoms with Gasteiger partial charge in [-0.25, -0.2) is 4.79 Å². The summed E-state index contributed by atoms with van der Waals surface area (Å²) in [5.74, 6) is 0. The van der Waals surface area contributed by atoms with Crippen molar-refractivity contribution in [3.8, 4) is 0 Å². The molecule has 0 aliphatic carbocycles. The van der Waals surface area contributed by atoms with Crippen molar-refractivity contribution in [2.24, 2.45) is 0 Å². The lowest BCUT2D eigenvalue weighted by Crippen LogP contribution is -2.50. The number of carbonyl (C=O) groups is 1. The van der Waals surface area contributed by atoms with Crippen molar-refractivity contribution in [3.63, 3.8) is 0 Å². The Morgan fingerprint density at radius 2 is 2.25 bits per heavy atom. The topological polar surface area (TPSA) is 61.8 Å². The Bertz CT molecular complexity index is 316. The highest BCUT2D eigenvalue weighted by Crippen LogP contribution is 2.23. The molecular weight excluding hydrogens is 256 g/mol. The number of aliphatic hydroxyl groups excluding tert-OH is 1. The van der Waals surface area contributed by atoms with Gasteiger partial charge in [0.05, 0.1) is 18.2 Å². The number of likely N-dealkylation sites (tertiary alicyclic amines) is 1. The van der Waals surface area contributed by atoms with E-state index in [9.17, 15) is 9.90 Å². The lowest BCUT2D eigenvalue weighted by Gasteiger charge is -2.30. The molecule has 2 saturated heterocycles. The summed E-state index contributed by atoms with van der Waals surface area (Å²) in [6.07, 6.45) is 5.53. The van der Waals surface area contributed by atoms with Gasteiger partial charge in [-0.05, 0) is 45.4 Å². The van der Waals surface area contributed by atoms with E-state index in [4.69, 9.17) is 4.74 Å². The van der Waals surface area contributed by atoms with Crippen LogP contribution in [-0.4, -0.2) is 53.5 Å². The van der Waals surface area contributed by atoms with Gasteiger partial charge in [-0.2, -0.15) is 0 Å². The van der Waals surface area contributed by atoms with E-state index in [1.54, 1.807) is 6.92 Å². The van der Waals surface area contributed by atoms with Crippen molar-refractivity contribution in [3.05, 3.63) is 0 Å². The van der Waals surface area contributed by atoms with Crippen LogP contribution in [0.2, 0.25) is 0 Å². The SMILES string of the molecule is CCC(NC(=O)N1CCCC1CC(C)O)C1CCCO1. The zero-order chi connectivity index (χ0) is 14.5. The van der Waals surface area contributed by atoms with Gasteiger partial charge >= 0.3 is 6.03 Å². The van der Waals surface area contributed by atoms with Crippen LogP contribution < -0.4 is 5.32 Å². The molecule has 0 aromatic rings. The number of amides is 2. The number of aliphatic hydroxyl groups is 1. The van der Waals surface area contributed by atoms with Crippen LogP contribution in [0.1, 0.15) is 52.4 Å². The van der Waals surface area contributed by atoms with Gasteiger partial charge < -0.3 is 20.1 Å². The predicted molar refractivity (Wildman–Crippen MR) is 77.6 cm³/mol. The molecule has 0 bridgehead atoms. The minimum Gasteiger partial charge on any atom is -0.393 e. The van der Waals surface area contributed by atoms with Crippen LogP contribution in [0.25, 0.3) is 0 Å². The minimum absolute atomic E-state index is 0.00972. The van der Waals surface area contributed by atoms with Crippen LogP contribution in [0.5, 0.6) is 0 Å². The number of nitrogens with zero attached hydrogens (tertiary/aromatic N) is 1. The molecule has 2 heterocycles. The summed E-state index contributed by atoms with van der Waals surface area (Å²) in [5.41, 5.74) is 0. The van der Waals surface area contributed by atoms with Crippen LogP contribution >= 0.6 is 0 Å². The van der Waals surface area contributed by atoms with E-state index in [1.165, 1.54) is 0 Å². The lowest BCUT2D eigenvalue weighted by atomic mass is 10.1. The Morgan fingerprint density at radius 3 is 2.85 bits per heavy atom. The van der Waals surface area contributed by atoms with Crippen molar-refractivity contribution in [1.82, 2.24) is 10.2 Å². The Balaban J connectivity index is 1.88. The quantitative estimate of drug-likeness (QED) is 0.810. The highest BCUT2D eigenvalue weighted by Gasteiger charge is 2.32. The Morgan fingerprint density at radius 1 is 1.45 bits per heavy atom. The van der Waals surface area contributed by atoms with Gasteiger partial charge in [0.1, 0.15) is 0 Å². The molecule has 0 aromatic heterocycles. The zero-order valence-electron chi connectivity index (χ0n) is 12.7. The van der Waals surface area contributed by atoms with Gasteiger partial charge in [-0.1, -0.05) is 6.92 Å². The van der Waals surface area contributed by atoms with Gasteiger partial charge in [-0.15, -0.1) is 0 Å². The maximum atomic E-state index is 12.4. The maximum Gasteiger partial charge on any atom is 0.317 e. The van der Waals surface area contributed by atoms with Crippen molar-refractivity contribution < 1.29 is 14.6 Å². The number of carbonyl (C=O) groups excluding carboxylic acids is 1. The van der Waals surface area contributed by atoms with E-state index in [2.05, 4.69) is 12.2 Å². The zero-order valence-corrected chi connectivity index (χ0v) is 12.7. The van der Waals surface area contributed by atoms with Crippen molar-refractivity contribution in [1.29, 1.82) is 0 Å². The second-order valence-corrected chi connectivity index (χ2v) is 6.09. The molecule has 0 aromatic carbocycles. The monoisotopic (exact) mass is 284 g/mol. The second kappa shape index (κ2) is 7.27. The summed E-state index contributed by atoms with van der Waals surface area (Å²) < 4.78 is 5.69. The first-order chi connectivity index (χ1) is 9.61. The van der Waals surface area contributed by atoms with Crippen LogP contribution in [0.3, 0.4) is 0 Å². The molecule has 20 heavy (non-hydrogen) atoms. The molecular formula is C15H28N2O3. The molecule has 0 radical (unpaired) electrons. The van der Waals surface area contributed by atoms with Crippen LogP contribution in [-0.2, 0) is 4.74 Å². The first-order valence-corrected chi connectivity index (χ1v) is 7.98. The van der Waals surface area contributed by atoms with Gasteiger partial charge in [0.2, 0.25) is 0 Å². The van der Waals surface area contributed by atoms with Gasteiger partial charge in [0.25, 0.3) is 0 Å². The number of nitrogens with one attached hydrogen (secondary N) is 1. The average Bonchev–Trinajstić information content (AvgIpc) is 3.05. The van der Waals surface area contributed by atoms with Gasteiger partial charge in [-0.3, -0.25) is 0 Å². The van der Waals surface area contributed by atoms with Crippen LogP contribution in [0, 0.1) is 0 Å². The number of ether oxygens (including phenoxy) is 1. The molecule has 2 N–H and O–H groups in total. The van der Waals surface area contributed by atoms with E-state index in [-0.39, 0.29) is 30.3 Å². The molecule has 5 heteroatoms. The van der Waals surface area contributed by atoms with E-state index in [0.717, 1.165) is 45.3 Å². The van der Waals surface area contributed by atoms with E-state index < -0.39 is 0 Å². The summed E-state index contributed by atoms with van der Waals surface area (Å²) in [6.45, 7) is 5.48. The Labute approximate surface area is 121 Å². The molecule has 116 valence electrons. The smallest absolute Gasteiger partial charge is 0.317 e. The summed E-state index contributed by atoms with van der Waals surface area (Å²) >= 11 is 0. The molecule has 2 rings (SSSR count). The molecule has 0 saturated carbocycles. The molecule has 5 nitrogen and oxygen atoms in total. The predicted octanol–water partition coefficient (Wildman–Crippen LogP) is 1.89. The number of urea groups is 1. The van der Waals surface area contributed by atoms with Crippen LogP contribution in [0.4, 0.5) is 4.79 Å². The molecule has 4 unspecified atom stereocenters.